The van der Waals surface area contributed by atoms with Gasteiger partial charge in [0.2, 0.25) is 0 Å². The van der Waals surface area contributed by atoms with Crippen LogP contribution < -0.4 is 0 Å². The van der Waals surface area contributed by atoms with Gasteiger partial charge >= 0.3 is 5.97 Å². The zero-order chi connectivity index (χ0) is 13.9. The molecule has 0 saturated carbocycles. The minimum Gasteiger partial charge on any atom is -0.478 e. The largest absolute Gasteiger partial charge is 0.478 e. The van der Waals surface area contributed by atoms with Gasteiger partial charge in [0.05, 0.1) is 5.56 Å². The number of carbonyl (C=O) groups is 1. The van der Waals surface area contributed by atoms with Crippen LogP contribution in [0.3, 0.4) is 0 Å². The van der Waals surface area contributed by atoms with Crippen molar-refractivity contribution < 1.29 is 14.3 Å². The third kappa shape index (κ3) is 3.53. The molecule has 0 radical (unpaired) electrons. The molecule has 100 valence electrons. The number of nitrogens with zero attached hydrogens (tertiary/aromatic N) is 1. The van der Waals surface area contributed by atoms with Gasteiger partial charge in [0, 0.05) is 12.6 Å². The third-order valence-electron chi connectivity index (χ3n) is 3.38. The van der Waals surface area contributed by atoms with E-state index in [2.05, 4.69) is 25.7 Å². The summed E-state index contributed by atoms with van der Waals surface area (Å²) < 4.78 is 13.1. The van der Waals surface area contributed by atoms with Gasteiger partial charge in [-0.25, -0.2) is 9.18 Å². The molecule has 0 aliphatic carbocycles. The highest BCUT2D eigenvalue weighted by molar-refractivity contribution is 5.89. The van der Waals surface area contributed by atoms with E-state index in [1.165, 1.54) is 6.07 Å². The number of aromatic carboxylic acids is 1. The van der Waals surface area contributed by atoms with Gasteiger partial charge in [-0.05, 0) is 37.6 Å². The van der Waals surface area contributed by atoms with Gasteiger partial charge in [0.25, 0.3) is 0 Å². The first kappa shape index (κ1) is 14.6. The Morgan fingerprint density at radius 3 is 2.50 bits per heavy atom. The molecule has 0 bridgehead atoms. The number of hydrogen-bond acceptors (Lipinski definition) is 2. The molecule has 1 rings (SSSR count). The van der Waals surface area contributed by atoms with Crippen molar-refractivity contribution in [3.05, 3.63) is 35.1 Å². The maximum absolute atomic E-state index is 13.1. The van der Waals surface area contributed by atoms with Crippen molar-refractivity contribution in [2.45, 2.75) is 33.4 Å². The molecule has 18 heavy (non-hydrogen) atoms. The molecule has 1 aromatic carbocycles. The summed E-state index contributed by atoms with van der Waals surface area (Å²) in [4.78, 5) is 13.1. The predicted molar refractivity (Wildman–Crippen MR) is 69.1 cm³/mol. The van der Waals surface area contributed by atoms with E-state index < -0.39 is 11.8 Å². The predicted octanol–water partition coefficient (Wildman–Crippen LogP) is 3.00. The Hall–Kier alpha value is -1.42. The van der Waals surface area contributed by atoms with Gasteiger partial charge < -0.3 is 5.11 Å². The normalized spacial score (nSPS) is 13.1. The van der Waals surface area contributed by atoms with Crippen molar-refractivity contribution in [2.75, 3.05) is 7.05 Å². The fraction of sp³-hybridized carbons (Fsp3) is 0.500. The standard InChI is InChI=1S/C14H20FNO2/c1-9(2)10(3)16(4)8-11-5-6-12(15)7-13(11)14(17)18/h5-7,9-10H,8H2,1-4H3,(H,17,18). The molecule has 1 atom stereocenters. The molecule has 0 heterocycles. The Kier molecular flexibility index (Phi) is 4.84. The molecule has 0 spiro atoms. The van der Waals surface area contributed by atoms with Crippen LogP contribution in [0.4, 0.5) is 4.39 Å². The van der Waals surface area contributed by atoms with Crippen LogP contribution in [0.25, 0.3) is 0 Å². The summed E-state index contributed by atoms with van der Waals surface area (Å²) in [7, 11) is 1.94. The fourth-order valence-electron chi connectivity index (χ4n) is 1.81. The van der Waals surface area contributed by atoms with E-state index in [4.69, 9.17) is 5.11 Å². The van der Waals surface area contributed by atoms with Crippen molar-refractivity contribution >= 4 is 5.97 Å². The second-order valence-corrected chi connectivity index (χ2v) is 5.01. The van der Waals surface area contributed by atoms with Gasteiger partial charge in [-0.15, -0.1) is 0 Å². The van der Waals surface area contributed by atoms with Gasteiger partial charge in [0.15, 0.2) is 0 Å². The molecule has 4 heteroatoms. The van der Waals surface area contributed by atoms with Crippen molar-refractivity contribution in [2.24, 2.45) is 5.92 Å². The first-order chi connectivity index (χ1) is 8.32. The molecule has 0 aliphatic rings. The topological polar surface area (TPSA) is 40.5 Å². The van der Waals surface area contributed by atoms with E-state index in [0.717, 1.165) is 6.07 Å². The summed E-state index contributed by atoms with van der Waals surface area (Å²) in [5.41, 5.74) is 0.678. The minimum atomic E-state index is -1.09. The van der Waals surface area contributed by atoms with E-state index in [1.54, 1.807) is 6.07 Å². The van der Waals surface area contributed by atoms with Crippen LogP contribution in [0, 0.1) is 11.7 Å². The number of benzene rings is 1. The number of carboxylic acid groups (broad SMARTS) is 1. The lowest BCUT2D eigenvalue weighted by atomic mass is 10.0. The average Bonchev–Trinajstić information content (AvgIpc) is 2.29. The summed E-state index contributed by atoms with van der Waals surface area (Å²) in [6.07, 6.45) is 0. The SMILES string of the molecule is CC(C)C(C)N(C)Cc1ccc(F)cc1C(=O)O. The second kappa shape index (κ2) is 5.96. The number of halogens is 1. The van der Waals surface area contributed by atoms with Crippen LogP contribution in [0.15, 0.2) is 18.2 Å². The molecular weight excluding hydrogens is 233 g/mol. The van der Waals surface area contributed by atoms with Crippen LogP contribution in [0.5, 0.6) is 0 Å². The Morgan fingerprint density at radius 2 is 2.00 bits per heavy atom. The van der Waals surface area contributed by atoms with E-state index in [0.29, 0.717) is 24.1 Å². The molecule has 0 aliphatic heterocycles. The van der Waals surface area contributed by atoms with E-state index in [1.807, 2.05) is 7.05 Å². The lowest BCUT2D eigenvalue weighted by Crippen LogP contribution is -2.33. The van der Waals surface area contributed by atoms with Crippen LogP contribution in [0.2, 0.25) is 0 Å². The number of rotatable bonds is 5. The molecule has 1 N–H and O–H groups in total. The smallest absolute Gasteiger partial charge is 0.336 e. The van der Waals surface area contributed by atoms with E-state index >= 15 is 0 Å². The van der Waals surface area contributed by atoms with Crippen LogP contribution >= 0.6 is 0 Å². The zero-order valence-corrected chi connectivity index (χ0v) is 11.3. The average molecular weight is 253 g/mol. The van der Waals surface area contributed by atoms with Gasteiger partial charge in [-0.1, -0.05) is 19.9 Å². The van der Waals surface area contributed by atoms with Crippen LogP contribution in [-0.4, -0.2) is 29.1 Å². The molecule has 1 aromatic rings. The van der Waals surface area contributed by atoms with Gasteiger partial charge in [0.1, 0.15) is 5.82 Å². The summed E-state index contributed by atoms with van der Waals surface area (Å²) in [6.45, 7) is 6.82. The summed E-state index contributed by atoms with van der Waals surface area (Å²) in [5, 5.41) is 9.07. The van der Waals surface area contributed by atoms with Crippen molar-refractivity contribution in [3.8, 4) is 0 Å². The molecule has 0 saturated heterocycles. The van der Waals surface area contributed by atoms with Crippen LogP contribution in [-0.2, 0) is 6.54 Å². The summed E-state index contributed by atoms with van der Waals surface area (Å²) in [6, 6.07) is 4.25. The second-order valence-electron chi connectivity index (χ2n) is 5.01. The maximum atomic E-state index is 13.1. The lowest BCUT2D eigenvalue weighted by molar-refractivity contribution is 0.0693. The monoisotopic (exact) mass is 253 g/mol. The molecule has 1 unspecified atom stereocenters. The van der Waals surface area contributed by atoms with Gasteiger partial charge in [-0.3, -0.25) is 4.90 Å². The fourth-order valence-corrected chi connectivity index (χ4v) is 1.81. The minimum absolute atomic E-state index is 0.0396. The third-order valence-corrected chi connectivity index (χ3v) is 3.38. The molecule has 3 nitrogen and oxygen atoms in total. The van der Waals surface area contributed by atoms with Crippen molar-refractivity contribution in [3.63, 3.8) is 0 Å². The highest BCUT2D eigenvalue weighted by Gasteiger charge is 2.17. The van der Waals surface area contributed by atoms with E-state index in [9.17, 15) is 9.18 Å². The quantitative estimate of drug-likeness (QED) is 0.877. The number of carboxylic acids is 1. The molecule has 0 amide bonds. The first-order valence-corrected chi connectivity index (χ1v) is 6.05. The Balaban J connectivity index is 2.94. The zero-order valence-electron chi connectivity index (χ0n) is 11.3. The summed E-state index contributed by atoms with van der Waals surface area (Å²) in [5.74, 6) is -1.13. The highest BCUT2D eigenvalue weighted by atomic mass is 19.1. The first-order valence-electron chi connectivity index (χ1n) is 6.05. The maximum Gasteiger partial charge on any atom is 0.336 e. The van der Waals surface area contributed by atoms with Crippen molar-refractivity contribution in [1.29, 1.82) is 0 Å². The lowest BCUT2D eigenvalue weighted by Gasteiger charge is -2.28. The summed E-state index contributed by atoms with van der Waals surface area (Å²) >= 11 is 0. The van der Waals surface area contributed by atoms with Gasteiger partial charge in [-0.2, -0.15) is 0 Å². The Bertz CT molecular complexity index is 432. The molecule has 0 aromatic heterocycles. The number of hydrogen-bond donors (Lipinski definition) is 1. The van der Waals surface area contributed by atoms with Crippen LogP contribution in [0.1, 0.15) is 36.7 Å². The Labute approximate surface area is 107 Å². The Morgan fingerprint density at radius 1 is 1.39 bits per heavy atom. The highest BCUT2D eigenvalue weighted by Crippen LogP contribution is 2.17. The van der Waals surface area contributed by atoms with E-state index in [-0.39, 0.29) is 5.56 Å². The molecular formula is C14H20FNO2. The van der Waals surface area contributed by atoms with Crippen molar-refractivity contribution in [1.82, 2.24) is 4.90 Å². The molecule has 0 fully saturated rings.